The monoisotopic (exact) mass is 467 g/mol. The van der Waals surface area contributed by atoms with Crippen LogP contribution in [0.5, 0.6) is 0 Å². The van der Waals surface area contributed by atoms with Gasteiger partial charge in [-0.2, -0.15) is 18.2 Å². The van der Waals surface area contributed by atoms with E-state index < -0.39 is 11.7 Å². The molecule has 0 aliphatic rings. The third-order valence-corrected chi connectivity index (χ3v) is 4.55. The van der Waals surface area contributed by atoms with E-state index in [9.17, 15) is 18.3 Å². The van der Waals surface area contributed by atoms with Gasteiger partial charge in [0.15, 0.2) is 0 Å². The number of aliphatic hydroxyl groups excluding tert-OH is 1. The molecule has 152 valence electrons. The number of alkyl halides is 3. The van der Waals surface area contributed by atoms with Crippen molar-refractivity contribution < 1.29 is 18.3 Å². The fourth-order valence-electron chi connectivity index (χ4n) is 2.43. The number of rotatable bonds is 6. The van der Waals surface area contributed by atoms with Crippen LogP contribution in [0.1, 0.15) is 12.5 Å². The second-order valence-electron chi connectivity index (χ2n) is 6.25. The van der Waals surface area contributed by atoms with Gasteiger partial charge < -0.3 is 15.7 Å². The van der Waals surface area contributed by atoms with Gasteiger partial charge in [0.05, 0.1) is 23.6 Å². The summed E-state index contributed by atoms with van der Waals surface area (Å²) in [6.45, 7) is 1.65. The largest absolute Gasteiger partial charge is 0.416 e. The number of benzene rings is 1. The van der Waals surface area contributed by atoms with Gasteiger partial charge in [0.25, 0.3) is 0 Å². The van der Waals surface area contributed by atoms with Crippen molar-refractivity contribution >= 4 is 33.4 Å². The van der Waals surface area contributed by atoms with Gasteiger partial charge in [-0.05, 0) is 53.2 Å². The fraction of sp³-hybridized carbons (Fsp3) is 0.211. The Hall–Kier alpha value is -2.72. The van der Waals surface area contributed by atoms with Crippen LogP contribution in [-0.2, 0) is 6.18 Å². The highest BCUT2D eigenvalue weighted by Gasteiger charge is 2.30. The maximum Gasteiger partial charge on any atom is 0.416 e. The topological polar surface area (TPSA) is 83.0 Å². The molecular weight excluding hydrogens is 451 g/mol. The van der Waals surface area contributed by atoms with Gasteiger partial charge >= 0.3 is 6.18 Å². The van der Waals surface area contributed by atoms with E-state index in [0.717, 1.165) is 17.7 Å². The van der Waals surface area contributed by atoms with E-state index in [1.54, 1.807) is 31.5 Å². The number of aromatic nitrogens is 3. The Morgan fingerprint density at radius 2 is 1.97 bits per heavy atom. The Morgan fingerprint density at radius 1 is 1.17 bits per heavy atom. The molecule has 0 aliphatic carbocycles. The summed E-state index contributed by atoms with van der Waals surface area (Å²) in [4.78, 5) is 12.8. The van der Waals surface area contributed by atoms with E-state index in [0.29, 0.717) is 17.2 Å². The van der Waals surface area contributed by atoms with Crippen LogP contribution in [0, 0.1) is 0 Å². The standard InChI is InChI=1S/C19H17BrF3N5O/c1-11(10-29)25-18-27-16(12-3-2-6-24-9-12)8-17(28-18)26-15-5-4-13(7-14(15)20)19(21,22)23/h2-9,11,29H,10H2,1H3,(H2,25,26,27,28)/t11-/m1/s1. The van der Waals surface area contributed by atoms with Gasteiger partial charge in [0, 0.05) is 34.5 Å². The molecule has 2 aromatic heterocycles. The van der Waals surface area contributed by atoms with Gasteiger partial charge in [0.1, 0.15) is 5.82 Å². The van der Waals surface area contributed by atoms with Gasteiger partial charge in [-0.25, -0.2) is 4.98 Å². The lowest BCUT2D eigenvalue weighted by molar-refractivity contribution is -0.137. The molecule has 2 heterocycles. The van der Waals surface area contributed by atoms with Crippen LogP contribution in [0.2, 0.25) is 0 Å². The lowest BCUT2D eigenvalue weighted by Crippen LogP contribution is -2.21. The molecule has 1 aromatic carbocycles. The molecule has 3 aromatic rings. The number of pyridine rings is 1. The highest BCUT2D eigenvalue weighted by atomic mass is 79.9. The van der Waals surface area contributed by atoms with Gasteiger partial charge in [0.2, 0.25) is 5.95 Å². The number of hydrogen-bond acceptors (Lipinski definition) is 6. The van der Waals surface area contributed by atoms with Crippen molar-refractivity contribution in [3.8, 4) is 11.3 Å². The maximum atomic E-state index is 12.9. The molecule has 0 aliphatic heterocycles. The third kappa shape index (κ3) is 5.42. The average Bonchev–Trinajstić information content (AvgIpc) is 2.69. The highest BCUT2D eigenvalue weighted by Crippen LogP contribution is 2.35. The van der Waals surface area contributed by atoms with Crippen LogP contribution in [0.4, 0.5) is 30.6 Å². The van der Waals surface area contributed by atoms with Crippen molar-refractivity contribution in [2.24, 2.45) is 0 Å². The minimum atomic E-state index is -4.43. The Kier molecular flexibility index (Phi) is 6.33. The molecule has 6 nitrogen and oxygen atoms in total. The summed E-state index contributed by atoms with van der Waals surface area (Å²) >= 11 is 3.17. The maximum absolute atomic E-state index is 12.9. The predicted molar refractivity (Wildman–Crippen MR) is 108 cm³/mol. The van der Waals surface area contributed by atoms with E-state index in [-0.39, 0.29) is 23.1 Å². The van der Waals surface area contributed by atoms with Crippen molar-refractivity contribution in [2.75, 3.05) is 17.2 Å². The number of aliphatic hydroxyl groups is 1. The Balaban J connectivity index is 1.97. The van der Waals surface area contributed by atoms with E-state index in [1.165, 1.54) is 6.07 Å². The molecule has 0 saturated carbocycles. The lowest BCUT2D eigenvalue weighted by Gasteiger charge is -2.15. The minimum absolute atomic E-state index is 0.117. The van der Waals surface area contributed by atoms with E-state index in [1.807, 2.05) is 6.07 Å². The summed E-state index contributed by atoms with van der Waals surface area (Å²) in [5.41, 5.74) is 0.957. The first-order valence-corrected chi connectivity index (χ1v) is 9.36. The first kappa shape index (κ1) is 21.0. The summed E-state index contributed by atoms with van der Waals surface area (Å²) in [6, 6.07) is 8.28. The predicted octanol–water partition coefficient (Wildman–Crippen LogP) is 4.86. The normalized spacial score (nSPS) is 12.5. The fourth-order valence-corrected chi connectivity index (χ4v) is 2.91. The summed E-state index contributed by atoms with van der Waals surface area (Å²) in [5, 5.41) is 15.3. The van der Waals surface area contributed by atoms with E-state index in [4.69, 9.17) is 0 Å². The van der Waals surface area contributed by atoms with Crippen LogP contribution in [0.3, 0.4) is 0 Å². The minimum Gasteiger partial charge on any atom is -0.394 e. The molecule has 0 fully saturated rings. The first-order valence-electron chi connectivity index (χ1n) is 8.57. The zero-order chi connectivity index (χ0) is 21.0. The van der Waals surface area contributed by atoms with Crippen LogP contribution in [0.25, 0.3) is 11.3 Å². The van der Waals surface area contributed by atoms with Gasteiger partial charge in [-0.3, -0.25) is 4.98 Å². The zero-order valence-corrected chi connectivity index (χ0v) is 16.8. The number of anilines is 3. The lowest BCUT2D eigenvalue weighted by atomic mass is 10.2. The number of nitrogens with zero attached hydrogens (tertiary/aromatic N) is 3. The summed E-state index contributed by atoms with van der Waals surface area (Å²) < 4.78 is 38.9. The number of nitrogens with one attached hydrogen (secondary N) is 2. The third-order valence-electron chi connectivity index (χ3n) is 3.89. The summed E-state index contributed by atoms with van der Waals surface area (Å²) in [6.07, 6.45) is -1.16. The van der Waals surface area contributed by atoms with E-state index >= 15 is 0 Å². The number of halogens is 4. The van der Waals surface area contributed by atoms with Crippen LogP contribution >= 0.6 is 15.9 Å². The molecule has 10 heteroatoms. The molecule has 0 radical (unpaired) electrons. The molecule has 0 saturated heterocycles. The molecule has 3 N–H and O–H groups in total. The highest BCUT2D eigenvalue weighted by molar-refractivity contribution is 9.10. The zero-order valence-electron chi connectivity index (χ0n) is 15.2. The Bertz CT molecular complexity index is 985. The molecule has 0 amide bonds. The Morgan fingerprint density at radius 3 is 2.59 bits per heavy atom. The molecule has 0 spiro atoms. The van der Waals surface area contributed by atoms with Gasteiger partial charge in [-0.1, -0.05) is 0 Å². The first-order chi connectivity index (χ1) is 13.8. The van der Waals surface area contributed by atoms with Crippen molar-refractivity contribution in [2.45, 2.75) is 19.1 Å². The van der Waals surface area contributed by atoms with Crippen LogP contribution in [0.15, 0.2) is 53.3 Å². The van der Waals surface area contributed by atoms with E-state index in [2.05, 4.69) is 41.5 Å². The van der Waals surface area contributed by atoms with Crippen molar-refractivity contribution in [1.29, 1.82) is 0 Å². The molecule has 0 bridgehead atoms. The molecular formula is C19H17BrF3N5O. The Labute approximate surface area is 173 Å². The SMILES string of the molecule is C[C@H](CO)Nc1nc(Nc2ccc(C(F)(F)F)cc2Br)cc(-c2cccnc2)n1. The molecule has 3 rings (SSSR count). The van der Waals surface area contributed by atoms with Gasteiger partial charge in [-0.15, -0.1) is 0 Å². The molecule has 1 atom stereocenters. The molecule has 0 unspecified atom stereocenters. The second kappa shape index (κ2) is 8.75. The number of hydrogen-bond donors (Lipinski definition) is 3. The summed E-state index contributed by atoms with van der Waals surface area (Å²) in [5.74, 6) is 0.630. The smallest absolute Gasteiger partial charge is 0.394 e. The average molecular weight is 468 g/mol. The second-order valence-corrected chi connectivity index (χ2v) is 7.10. The molecule has 29 heavy (non-hydrogen) atoms. The van der Waals surface area contributed by atoms with Crippen LogP contribution < -0.4 is 10.6 Å². The van der Waals surface area contributed by atoms with Crippen LogP contribution in [-0.4, -0.2) is 32.7 Å². The van der Waals surface area contributed by atoms with Crippen molar-refractivity contribution in [3.05, 3.63) is 58.8 Å². The van der Waals surface area contributed by atoms with Crippen molar-refractivity contribution in [3.63, 3.8) is 0 Å². The van der Waals surface area contributed by atoms with Crippen molar-refractivity contribution in [1.82, 2.24) is 15.0 Å². The summed E-state index contributed by atoms with van der Waals surface area (Å²) in [7, 11) is 0. The quantitative estimate of drug-likeness (QED) is 0.480.